The topological polar surface area (TPSA) is 87.5 Å². The van der Waals surface area contributed by atoms with Gasteiger partial charge >= 0.3 is 6.03 Å². The minimum atomic E-state index is -0.340. The van der Waals surface area contributed by atoms with E-state index in [2.05, 4.69) is 15.5 Å². The van der Waals surface area contributed by atoms with Gasteiger partial charge in [-0.05, 0) is 37.5 Å². The molecule has 23 heavy (non-hydrogen) atoms. The van der Waals surface area contributed by atoms with E-state index in [0.29, 0.717) is 18.4 Å². The molecule has 3 amide bonds. The van der Waals surface area contributed by atoms with Crippen LogP contribution < -0.4 is 16.4 Å². The fourth-order valence-electron chi connectivity index (χ4n) is 4.37. The molecule has 0 aromatic rings. The molecule has 4 N–H and O–H groups in total. The number of hydrogen-bond acceptors (Lipinski definition) is 4. The molecule has 6 nitrogen and oxygen atoms in total. The molecule has 1 aliphatic heterocycles. The Hall–Kier alpha value is -0.850. The Bertz CT molecular complexity index is 428. The number of nitrogens with zero attached hydrogens (tertiary/aromatic N) is 1. The third-order valence-electron chi connectivity index (χ3n) is 5.55. The van der Waals surface area contributed by atoms with Crippen LogP contribution in [0.25, 0.3) is 0 Å². The van der Waals surface area contributed by atoms with Crippen LogP contribution >= 0.6 is 12.4 Å². The second-order valence-corrected chi connectivity index (χ2v) is 7.22. The summed E-state index contributed by atoms with van der Waals surface area (Å²) in [6, 6.07) is 0.173. The number of halogens is 1. The third kappa shape index (κ3) is 4.81. The number of carbonyl (C=O) groups is 2. The van der Waals surface area contributed by atoms with E-state index >= 15 is 0 Å². The normalized spacial score (nSPS) is 31.3. The molecule has 1 heterocycles. The lowest BCUT2D eigenvalue weighted by atomic mass is 9.96. The molecule has 0 spiro atoms. The van der Waals surface area contributed by atoms with Crippen LogP contribution in [0.1, 0.15) is 44.9 Å². The Labute approximate surface area is 144 Å². The highest BCUT2D eigenvalue weighted by Gasteiger charge is 2.41. The highest BCUT2D eigenvalue weighted by molar-refractivity contribution is 5.95. The van der Waals surface area contributed by atoms with E-state index in [9.17, 15) is 9.59 Å². The molecular weight excluding hydrogens is 316 g/mol. The maximum absolute atomic E-state index is 12.0. The fourth-order valence-corrected chi connectivity index (χ4v) is 4.37. The summed E-state index contributed by atoms with van der Waals surface area (Å²) < 4.78 is 0. The molecule has 3 aliphatic rings. The van der Waals surface area contributed by atoms with Gasteiger partial charge in [-0.15, -0.1) is 12.4 Å². The average molecular weight is 345 g/mol. The van der Waals surface area contributed by atoms with Crippen molar-refractivity contribution in [2.24, 2.45) is 17.6 Å². The van der Waals surface area contributed by atoms with Crippen LogP contribution in [0.2, 0.25) is 0 Å². The van der Waals surface area contributed by atoms with E-state index in [1.165, 1.54) is 12.8 Å². The summed E-state index contributed by atoms with van der Waals surface area (Å²) in [4.78, 5) is 26.0. The number of imide groups is 1. The summed E-state index contributed by atoms with van der Waals surface area (Å²) in [7, 11) is 0. The van der Waals surface area contributed by atoms with Crippen molar-refractivity contribution in [1.29, 1.82) is 0 Å². The molecule has 132 valence electrons. The first-order chi connectivity index (χ1) is 10.6. The summed E-state index contributed by atoms with van der Waals surface area (Å²) in [5.41, 5.74) is 6.11. The summed E-state index contributed by atoms with van der Waals surface area (Å²) in [6.07, 6.45) is 7.90. The molecule has 0 radical (unpaired) electrons. The first kappa shape index (κ1) is 18.5. The van der Waals surface area contributed by atoms with Gasteiger partial charge in [0.2, 0.25) is 5.91 Å². The number of urea groups is 1. The van der Waals surface area contributed by atoms with Crippen molar-refractivity contribution in [3.8, 4) is 0 Å². The van der Waals surface area contributed by atoms with Crippen molar-refractivity contribution < 1.29 is 9.59 Å². The molecule has 3 atom stereocenters. The monoisotopic (exact) mass is 344 g/mol. The predicted octanol–water partition coefficient (Wildman–Crippen LogP) is 1.24. The number of rotatable bonds is 3. The van der Waals surface area contributed by atoms with Crippen LogP contribution in [-0.2, 0) is 4.79 Å². The summed E-state index contributed by atoms with van der Waals surface area (Å²) in [5, 5.41) is 5.38. The lowest BCUT2D eigenvalue weighted by molar-refractivity contribution is -0.121. The van der Waals surface area contributed by atoms with Crippen LogP contribution in [-0.4, -0.2) is 48.6 Å². The van der Waals surface area contributed by atoms with Gasteiger partial charge in [0.05, 0.1) is 6.54 Å². The number of carbonyl (C=O) groups excluding carboxylic acids is 2. The largest absolute Gasteiger partial charge is 0.335 e. The SMILES string of the molecule is Cl.NC1CCC2CN(CC(=O)NC(=O)NC3CCCCC3)CC12. The quantitative estimate of drug-likeness (QED) is 0.718. The second-order valence-electron chi connectivity index (χ2n) is 7.22. The van der Waals surface area contributed by atoms with Gasteiger partial charge in [-0.1, -0.05) is 19.3 Å². The molecule has 3 unspecified atom stereocenters. The number of amides is 3. The van der Waals surface area contributed by atoms with Gasteiger partial charge in [0, 0.05) is 25.2 Å². The molecule has 0 aromatic carbocycles. The third-order valence-corrected chi connectivity index (χ3v) is 5.55. The van der Waals surface area contributed by atoms with Crippen molar-refractivity contribution >= 4 is 24.3 Å². The smallest absolute Gasteiger partial charge is 0.321 e. The van der Waals surface area contributed by atoms with E-state index in [1.807, 2.05) is 0 Å². The highest BCUT2D eigenvalue weighted by atomic mass is 35.5. The number of nitrogens with two attached hydrogens (primary N) is 1. The fraction of sp³-hybridized carbons (Fsp3) is 0.875. The second kappa shape index (κ2) is 8.31. The standard InChI is InChI=1S/C16H28N4O2.ClH/c17-14-7-6-11-8-20(9-13(11)14)10-15(21)19-16(22)18-12-4-2-1-3-5-12;/h11-14H,1-10,17H2,(H2,18,19,21,22);1H. The molecule has 2 saturated carbocycles. The predicted molar refractivity (Wildman–Crippen MR) is 91.4 cm³/mol. The molecule has 0 bridgehead atoms. The van der Waals surface area contributed by atoms with Crippen LogP contribution in [0.4, 0.5) is 4.79 Å². The molecule has 1 saturated heterocycles. The molecule has 0 aromatic heterocycles. The number of fused-ring (bicyclic) bond motifs is 1. The number of likely N-dealkylation sites (tertiary alicyclic amines) is 1. The maximum atomic E-state index is 12.0. The zero-order valence-corrected chi connectivity index (χ0v) is 14.4. The van der Waals surface area contributed by atoms with E-state index in [4.69, 9.17) is 5.73 Å². The van der Waals surface area contributed by atoms with Crippen LogP contribution in [0.3, 0.4) is 0 Å². The average Bonchev–Trinajstić information content (AvgIpc) is 3.02. The van der Waals surface area contributed by atoms with Gasteiger partial charge in [-0.2, -0.15) is 0 Å². The summed E-state index contributed by atoms with van der Waals surface area (Å²) in [5.74, 6) is 0.963. The lowest BCUT2D eigenvalue weighted by Gasteiger charge is -2.23. The zero-order valence-electron chi connectivity index (χ0n) is 13.6. The van der Waals surface area contributed by atoms with Gasteiger partial charge in [-0.25, -0.2) is 4.79 Å². The van der Waals surface area contributed by atoms with Gasteiger partial charge < -0.3 is 11.1 Å². The summed E-state index contributed by atoms with van der Waals surface area (Å²) >= 11 is 0. The number of hydrogen-bond donors (Lipinski definition) is 3. The molecule has 7 heteroatoms. The van der Waals surface area contributed by atoms with E-state index in [-0.39, 0.29) is 36.4 Å². The van der Waals surface area contributed by atoms with Gasteiger partial charge in [0.15, 0.2) is 0 Å². The maximum Gasteiger partial charge on any atom is 0.321 e. The van der Waals surface area contributed by atoms with Crippen molar-refractivity contribution in [2.75, 3.05) is 19.6 Å². The first-order valence-electron chi connectivity index (χ1n) is 8.70. The molecular formula is C16H29ClN4O2. The van der Waals surface area contributed by atoms with Crippen LogP contribution in [0, 0.1) is 11.8 Å². The Morgan fingerprint density at radius 2 is 1.78 bits per heavy atom. The summed E-state index contributed by atoms with van der Waals surface area (Å²) in [6.45, 7) is 2.14. The first-order valence-corrected chi connectivity index (χ1v) is 8.70. The van der Waals surface area contributed by atoms with Crippen molar-refractivity contribution in [1.82, 2.24) is 15.5 Å². The van der Waals surface area contributed by atoms with E-state index < -0.39 is 0 Å². The highest BCUT2D eigenvalue weighted by Crippen LogP contribution is 2.36. The van der Waals surface area contributed by atoms with Crippen LogP contribution in [0.15, 0.2) is 0 Å². The van der Waals surface area contributed by atoms with Crippen molar-refractivity contribution in [3.05, 3.63) is 0 Å². The minimum absolute atomic E-state index is 0. The Morgan fingerprint density at radius 1 is 1.04 bits per heavy atom. The minimum Gasteiger partial charge on any atom is -0.335 e. The molecule has 3 fully saturated rings. The molecule has 2 aliphatic carbocycles. The Kier molecular flexibility index (Phi) is 6.68. The van der Waals surface area contributed by atoms with Crippen molar-refractivity contribution in [3.63, 3.8) is 0 Å². The van der Waals surface area contributed by atoms with Gasteiger partial charge in [0.1, 0.15) is 0 Å². The van der Waals surface area contributed by atoms with Gasteiger partial charge in [-0.3, -0.25) is 15.0 Å². The van der Waals surface area contributed by atoms with E-state index in [1.54, 1.807) is 0 Å². The molecule has 3 rings (SSSR count). The van der Waals surface area contributed by atoms with Gasteiger partial charge in [0.25, 0.3) is 0 Å². The van der Waals surface area contributed by atoms with E-state index in [0.717, 1.165) is 45.2 Å². The number of nitrogens with one attached hydrogen (secondary N) is 2. The van der Waals surface area contributed by atoms with Crippen molar-refractivity contribution in [2.45, 2.75) is 57.0 Å². The van der Waals surface area contributed by atoms with Crippen LogP contribution in [0.5, 0.6) is 0 Å². The zero-order chi connectivity index (χ0) is 15.5. The Balaban J connectivity index is 0.00000192. The Morgan fingerprint density at radius 3 is 2.48 bits per heavy atom. The lowest BCUT2D eigenvalue weighted by Crippen LogP contribution is -2.48.